The predicted molar refractivity (Wildman–Crippen MR) is 85.9 cm³/mol. The van der Waals surface area contributed by atoms with E-state index < -0.39 is 0 Å². The molecule has 0 atom stereocenters. The molecule has 0 saturated heterocycles. The van der Waals surface area contributed by atoms with Gasteiger partial charge >= 0.3 is 5.97 Å². The number of ether oxygens (including phenoxy) is 1. The van der Waals surface area contributed by atoms with Crippen LogP contribution in [-0.4, -0.2) is 29.2 Å². The molecule has 0 bridgehead atoms. The Balaban J connectivity index is 1.92. The Bertz CT molecular complexity index is 675. The maximum atomic E-state index is 12.8. The summed E-state index contributed by atoms with van der Waals surface area (Å²) in [5.74, 6) is -0.849. The summed E-state index contributed by atoms with van der Waals surface area (Å²) in [6.45, 7) is 2.09. The third-order valence-corrected chi connectivity index (χ3v) is 3.66. The number of pyridine rings is 1. The number of thioether (sulfide) groups is 1. The van der Waals surface area contributed by atoms with Gasteiger partial charge in [-0.2, -0.15) is 0 Å². The molecule has 1 aromatic heterocycles. The number of amides is 1. The second kappa shape index (κ2) is 8.28. The first-order valence-electron chi connectivity index (χ1n) is 6.90. The maximum Gasteiger partial charge on any atom is 0.316 e. The molecule has 0 unspecified atom stereocenters. The van der Waals surface area contributed by atoms with Gasteiger partial charge in [0, 0.05) is 11.9 Å². The number of carbonyl (C=O) groups excluding carboxylic acids is 2. The highest BCUT2D eigenvalue weighted by Gasteiger charge is 2.08. The average Bonchev–Trinajstić information content (AvgIpc) is 2.56. The van der Waals surface area contributed by atoms with Crippen LogP contribution in [0.25, 0.3) is 0 Å². The standard InChI is InChI=1S/C16H15FN2O3S/c1-2-22-15(20)10-23-14-8-3-11(9-18-14)16(21)19-13-6-4-12(17)5-7-13/h3-9H,2,10H2,1H3,(H,19,21). The minimum atomic E-state index is -0.368. The SMILES string of the molecule is CCOC(=O)CSc1ccc(C(=O)Nc2ccc(F)cc2)cn1. The Kier molecular flexibility index (Phi) is 6.10. The fourth-order valence-electron chi connectivity index (χ4n) is 1.67. The van der Waals surface area contributed by atoms with Crippen molar-refractivity contribution in [3.63, 3.8) is 0 Å². The van der Waals surface area contributed by atoms with Gasteiger partial charge in [-0.3, -0.25) is 9.59 Å². The number of benzene rings is 1. The van der Waals surface area contributed by atoms with Crippen molar-refractivity contribution in [2.75, 3.05) is 17.7 Å². The molecular weight excluding hydrogens is 319 g/mol. The van der Waals surface area contributed by atoms with E-state index in [1.54, 1.807) is 19.1 Å². The first kappa shape index (κ1) is 17.0. The maximum absolute atomic E-state index is 12.8. The number of nitrogens with one attached hydrogen (secondary N) is 1. The van der Waals surface area contributed by atoms with Crippen LogP contribution in [0.1, 0.15) is 17.3 Å². The van der Waals surface area contributed by atoms with Crippen LogP contribution in [0, 0.1) is 5.82 Å². The molecule has 120 valence electrons. The zero-order chi connectivity index (χ0) is 16.7. The predicted octanol–water partition coefficient (Wildman–Crippen LogP) is 3.13. The van der Waals surface area contributed by atoms with E-state index in [0.29, 0.717) is 22.9 Å². The van der Waals surface area contributed by atoms with Gasteiger partial charge in [0.05, 0.1) is 22.9 Å². The fourth-order valence-corrected chi connectivity index (χ4v) is 2.31. The van der Waals surface area contributed by atoms with Gasteiger partial charge in [-0.25, -0.2) is 9.37 Å². The summed E-state index contributed by atoms with van der Waals surface area (Å²) >= 11 is 1.24. The molecular formula is C16H15FN2O3S. The van der Waals surface area contributed by atoms with Gasteiger partial charge in [0.15, 0.2) is 0 Å². The van der Waals surface area contributed by atoms with Gasteiger partial charge in [-0.05, 0) is 43.3 Å². The Morgan fingerprint density at radius 3 is 2.57 bits per heavy atom. The molecule has 7 heteroatoms. The van der Waals surface area contributed by atoms with Crippen molar-refractivity contribution in [1.29, 1.82) is 0 Å². The molecule has 0 aliphatic carbocycles. The van der Waals surface area contributed by atoms with Crippen molar-refractivity contribution in [3.05, 3.63) is 54.0 Å². The molecule has 0 radical (unpaired) electrons. The van der Waals surface area contributed by atoms with E-state index in [0.717, 1.165) is 0 Å². The van der Waals surface area contributed by atoms with Crippen molar-refractivity contribution < 1.29 is 18.7 Å². The molecule has 0 aliphatic heterocycles. The topological polar surface area (TPSA) is 68.3 Å². The smallest absolute Gasteiger partial charge is 0.316 e. The van der Waals surface area contributed by atoms with E-state index in [4.69, 9.17) is 4.74 Å². The van der Waals surface area contributed by atoms with E-state index in [1.807, 2.05) is 0 Å². The number of aromatic nitrogens is 1. The molecule has 0 aliphatic rings. The lowest BCUT2D eigenvalue weighted by molar-refractivity contribution is -0.139. The molecule has 1 amide bonds. The van der Waals surface area contributed by atoms with E-state index >= 15 is 0 Å². The average molecular weight is 334 g/mol. The van der Waals surface area contributed by atoms with Crippen LogP contribution in [0.5, 0.6) is 0 Å². The summed E-state index contributed by atoms with van der Waals surface area (Å²) in [5.41, 5.74) is 0.868. The molecule has 0 spiro atoms. The van der Waals surface area contributed by atoms with Crippen molar-refractivity contribution >= 4 is 29.3 Å². The van der Waals surface area contributed by atoms with Gasteiger partial charge < -0.3 is 10.1 Å². The summed E-state index contributed by atoms with van der Waals surface area (Å²) < 4.78 is 17.6. The highest BCUT2D eigenvalue weighted by Crippen LogP contribution is 2.16. The minimum absolute atomic E-state index is 0.169. The lowest BCUT2D eigenvalue weighted by atomic mass is 10.2. The van der Waals surface area contributed by atoms with Crippen LogP contribution in [0.3, 0.4) is 0 Å². The fraction of sp³-hybridized carbons (Fsp3) is 0.188. The number of carbonyl (C=O) groups is 2. The van der Waals surface area contributed by atoms with Crippen LogP contribution in [0.2, 0.25) is 0 Å². The summed E-state index contributed by atoms with van der Waals surface area (Å²) in [4.78, 5) is 27.4. The molecule has 0 fully saturated rings. The summed E-state index contributed by atoms with van der Waals surface area (Å²) in [5, 5.41) is 3.27. The quantitative estimate of drug-likeness (QED) is 0.649. The van der Waals surface area contributed by atoms with Crippen molar-refractivity contribution in [2.45, 2.75) is 11.9 Å². The number of nitrogens with zero attached hydrogens (tertiary/aromatic N) is 1. The molecule has 5 nitrogen and oxygen atoms in total. The first-order chi connectivity index (χ1) is 11.1. The molecule has 1 N–H and O–H groups in total. The summed E-state index contributed by atoms with van der Waals surface area (Å²) in [6, 6.07) is 8.75. The molecule has 0 saturated carbocycles. The molecule has 23 heavy (non-hydrogen) atoms. The number of anilines is 1. The first-order valence-corrected chi connectivity index (χ1v) is 7.88. The number of esters is 1. The van der Waals surface area contributed by atoms with Crippen LogP contribution in [0.4, 0.5) is 10.1 Å². The van der Waals surface area contributed by atoms with E-state index in [-0.39, 0.29) is 23.4 Å². The second-order valence-corrected chi connectivity index (χ2v) is 5.44. The Morgan fingerprint density at radius 1 is 1.22 bits per heavy atom. The van der Waals surface area contributed by atoms with E-state index in [2.05, 4.69) is 10.3 Å². The molecule has 2 rings (SSSR count). The van der Waals surface area contributed by atoms with Crippen LogP contribution < -0.4 is 5.32 Å². The van der Waals surface area contributed by atoms with Crippen LogP contribution in [-0.2, 0) is 9.53 Å². The Labute approximate surface area is 137 Å². The van der Waals surface area contributed by atoms with E-state index in [9.17, 15) is 14.0 Å². The van der Waals surface area contributed by atoms with Gasteiger partial charge in [0.1, 0.15) is 5.82 Å². The van der Waals surface area contributed by atoms with Crippen molar-refractivity contribution in [1.82, 2.24) is 4.98 Å². The van der Waals surface area contributed by atoms with Crippen molar-refractivity contribution in [3.8, 4) is 0 Å². The van der Waals surface area contributed by atoms with Gasteiger partial charge in [-0.15, -0.1) is 0 Å². The zero-order valence-corrected chi connectivity index (χ0v) is 13.2. The lowest BCUT2D eigenvalue weighted by Crippen LogP contribution is -2.12. The highest BCUT2D eigenvalue weighted by atomic mass is 32.2. The third-order valence-electron chi connectivity index (χ3n) is 2.74. The number of rotatable bonds is 6. The largest absolute Gasteiger partial charge is 0.465 e. The number of hydrogen-bond donors (Lipinski definition) is 1. The monoisotopic (exact) mass is 334 g/mol. The third kappa shape index (κ3) is 5.37. The molecule has 2 aromatic rings. The Morgan fingerprint density at radius 2 is 1.96 bits per heavy atom. The van der Waals surface area contributed by atoms with E-state index in [1.165, 1.54) is 42.2 Å². The number of halogens is 1. The zero-order valence-electron chi connectivity index (χ0n) is 12.4. The molecule has 1 aromatic carbocycles. The van der Waals surface area contributed by atoms with Gasteiger partial charge in [-0.1, -0.05) is 11.8 Å². The van der Waals surface area contributed by atoms with Crippen LogP contribution in [0.15, 0.2) is 47.6 Å². The summed E-state index contributed by atoms with van der Waals surface area (Å²) in [6.07, 6.45) is 1.42. The van der Waals surface area contributed by atoms with Crippen molar-refractivity contribution in [2.24, 2.45) is 0 Å². The second-order valence-electron chi connectivity index (χ2n) is 4.44. The minimum Gasteiger partial charge on any atom is -0.465 e. The normalized spacial score (nSPS) is 10.2. The van der Waals surface area contributed by atoms with Gasteiger partial charge in [0.2, 0.25) is 0 Å². The van der Waals surface area contributed by atoms with Crippen LogP contribution >= 0.6 is 11.8 Å². The summed E-state index contributed by atoms with van der Waals surface area (Å²) in [7, 11) is 0. The lowest BCUT2D eigenvalue weighted by Gasteiger charge is -2.06. The number of hydrogen-bond acceptors (Lipinski definition) is 5. The Hall–Kier alpha value is -2.41. The highest BCUT2D eigenvalue weighted by molar-refractivity contribution is 7.99. The van der Waals surface area contributed by atoms with Gasteiger partial charge in [0.25, 0.3) is 5.91 Å². The molecule has 1 heterocycles.